The van der Waals surface area contributed by atoms with Crippen LogP contribution in [0.15, 0.2) is 70.0 Å². The maximum absolute atomic E-state index is 12.7. The predicted molar refractivity (Wildman–Crippen MR) is 123 cm³/mol. The highest BCUT2D eigenvalue weighted by atomic mass is 32.2. The van der Waals surface area contributed by atoms with Gasteiger partial charge in [0.25, 0.3) is 16.8 Å². The minimum atomic E-state index is -0.599. The molecular formula is C23H17N3O6S. The Labute approximate surface area is 192 Å². The van der Waals surface area contributed by atoms with Gasteiger partial charge >= 0.3 is 0 Å². The summed E-state index contributed by atoms with van der Waals surface area (Å²) in [6.45, 7) is 1.39. The standard InChI is InChI=1S/C23H17N3O6S/c1-14-7-8-16(26(30)31)11-18(14)19-10-9-17(32-19)12-20-22(28)25(23(29)33-20)13-21(27)24-15-5-3-2-4-6-15/h2-12H,13H2,1H3,(H,24,27)/b20-12-. The van der Waals surface area contributed by atoms with Gasteiger partial charge in [-0.05, 0) is 48.5 Å². The maximum Gasteiger partial charge on any atom is 0.294 e. The summed E-state index contributed by atoms with van der Waals surface area (Å²) >= 11 is 0.709. The summed E-state index contributed by atoms with van der Waals surface area (Å²) < 4.78 is 5.75. The van der Waals surface area contributed by atoms with Gasteiger partial charge in [0.2, 0.25) is 5.91 Å². The highest BCUT2D eigenvalue weighted by Gasteiger charge is 2.36. The minimum Gasteiger partial charge on any atom is -0.457 e. The molecule has 0 spiro atoms. The van der Waals surface area contributed by atoms with Crippen molar-refractivity contribution in [1.29, 1.82) is 0 Å². The number of rotatable bonds is 6. The smallest absolute Gasteiger partial charge is 0.294 e. The Balaban J connectivity index is 1.49. The third-order valence-electron chi connectivity index (χ3n) is 4.83. The largest absolute Gasteiger partial charge is 0.457 e. The Bertz CT molecular complexity index is 1300. The molecule has 0 radical (unpaired) electrons. The van der Waals surface area contributed by atoms with Crippen LogP contribution in [0.3, 0.4) is 0 Å². The lowest BCUT2D eigenvalue weighted by Gasteiger charge is -2.12. The van der Waals surface area contributed by atoms with Crippen molar-refractivity contribution in [3.05, 3.63) is 87.0 Å². The third kappa shape index (κ3) is 4.85. The molecule has 0 aliphatic carbocycles. The topological polar surface area (TPSA) is 123 Å². The first-order chi connectivity index (χ1) is 15.8. The molecule has 0 bridgehead atoms. The van der Waals surface area contributed by atoms with E-state index in [-0.39, 0.29) is 10.6 Å². The normalized spacial score (nSPS) is 14.7. The second-order valence-electron chi connectivity index (χ2n) is 7.14. The Morgan fingerprint density at radius 3 is 2.64 bits per heavy atom. The molecule has 166 valence electrons. The third-order valence-corrected chi connectivity index (χ3v) is 5.74. The van der Waals surface area contributed by atoms with E-state index < -0.39 is 28.5 Å². The van der Waals surface area contributed by atoms with Crippen molar-refractivity contribution >= 4 is 46.3 Å². The van der Waals surface area contributed by atoms with Crippen LogP contribution < -0.4 is 5.32 Å². The van der Waals surface area contributed by atoms with Crippen molar-refractivity contribution in [3.63, 3.8) is 0 Å². The van der Waals surface area contributed by atoms with Crippen LogP contribution in [-0.4, -0.2) is 33.4 Å². The number of hydrogen-bond donors (Lipinski definition) is 1. The number of non-ortho nitro benzene ring substituents is 1. The van der Waals surface area contributed by atoms with Crippen molar-refractivity contribution < 1.29 is 23.7 Å². The van der Waals surface area contributed by atoms with Gasteiger partial charge in [0, 0.05) is 29.5 Å². The van der Waals surface area contributed by atoms with Crippen LogP contribution in [0.2, 0.25) is 0 Å². The summed E-state index contributed by atoms with van der Waals surface area (Å²) in [5, 5.41) is 13.1. The second-order valence-corrected chi connectivity index (χ2v) is 8.13. The van der Waals surface area contributed by atoms with Crippen molar-refractivity contribution in [1.82, 2.24) is 4.90 Å². The fourth-order valence-electron chi connectivity index (χ4n) is 3.20. The molecular weight excluding hydrogens is 446 g/mol. The molecule has 1 aliphatic heterocycles. The number of carbonyl (C=O) groups is 3. The van der Waals surface area contributed by atoms with Gasteiger partial charge in [0.1, 0.15) is 18.1 Å². The first kappa shape index (κ1) is 22.0. The molecule has 3 aromatic rings. The van der Waals surface area contributed by atoms with E-state index in [0.717, 1.165) is 10.5 Å². The Kier molecular flexibility index (Phi) is 6.09. The molecule has 0 unspecified atom stereocenters. The van der Waals surface area contributed by atoms with E-state index in [9.17, 15) is 24.5 Å². The number of nitrogens with one attached hydrogen (secondary N) is 1. The van der Waals surface area contributed by atoms with Crippen LogP contribution in [0, 0.1) is 17.0 Å². The first-order valence-corrected chi connectivity index (χ1v) is 10.6. The Hall–Kier alpha value is -4.18. The number of hydrogen-bond acceptors (Lipinski definition) is 7. The number of para-hydroxylation sites is 1. The Morgan fingerprint density at radius 2 is 1.91 bits per heavy atom. The molecule has 1 saturated heterocycles. The van der Waals surface area contributed by atoms with Crippen molar-refractivity contribution in [2.24, 2.45) is 0 Å². The molecule has 1 aliphatic rings. The number of aryl methyl sites for hydroxylation is 1. The quantitative estimate of drug-likeness (QED) is 0.315. The number of furan rings is 1. The van der Waals surface area contributed by atoms with Crippen LogP contribution in [-0.2, 0) is 9.59 Å². The average molecular weight is 463 g/mol. The molecule has 1 fully saturated rings. The van der Waals surface area contributed by atoms with Crippen LogP contribution in [0.25, 0.3) is 17.4 Å². The first-order valence-electron chi connectivity index (χ1n) is 9.77. The highest BCUT2D eigenvalue weighted by molar-refractivity contribution is 8.18. The SMILES string of the molecule is Cc1ccc([N+](=O)[O-])cc1-c1ccc(/C=C2\SC(=O)N(CC(=O)Nc3ccccc3)C2=O)o1. The summed E-state index contributed by atoms with van der Waals surface area (Å²) in [4.78, 5) is 48.8. The summed E-state index contributed by atoms with van der Waals surface area (Å²) in [5.41, 5.74) is 1.83. The number of nitrogens with zero attached hydrogens (tertiary/aromatic N) is 2. The number of anilines is 1. The van der Waals surface area contributed by atoms with E-state index in [0.29, 0.717) is 34.5 Å². The van der Waals surface area contributed by atoms with Crippen molar-refractivity contribution in [2.45, 2.75) is 6.92 Å². The summed E-state index contributed by atoms with van der Waals surface area (Å²) in [6.07, 6.45) is 1.41. The van der Waals surface area contributed by atoms with Crippen LogP contribution in [0.1, 0.15) is 11.3 Å². The number of carbonyl (C=O) groups excluding carboxylic acids is 3. The van der Waals surface area contributed by atoms with Crippen LogP contribution >= 0.6 is 11.8 Å². The Morgan fingerprint density at radius 1 is 1.15 bits per heavy atom. The number of thioether (sulfide) groups is 1. The monoisotopic (exact) mass is 463 g/mol. The van der Waals surface area contributed by atoms with Gasteiger partial charge in [0.05, 0.1) is 9.83 Å². The zero-order valence-electron chi connectivity index (χ0n) is 17.3. The number of nitro benzene ring substituents is 1. The molecule has 4 rings (SSSR count). The molecule has 9 nitrogen and oxygen atoms in total. The van der Waals surface area contributed by atoms with E-state index >= 15 is 0 Å². The minimum absolute atomic E-state index is 0.0663. The fourth-order valence-corrected chi connectivity index (χ4v) is 4.01. The molecule has 1 aromatic heterocycles. The van der Waals surface area contributed by atoms with Gasteiger partial charge in [0.15, 0.2) is 0 Å². The van der Waals surface area contributed by atoms with E-state index in [4.69, 9.17) is 4.42 Å². The molecule has 2 aromatic carbocycles. The van der Waals surface area contributed by atoms with E-state index in [1.165, 1.54) is 18.2 Å². The van der Waals surface area contributed by atoms with E-state index in [1.807, 2.05) is 0 Å². The van der Waals surface area contributed by atoms with E-state index in [2.05, 4.69) is 5.32 Å². The molecule has 2 heterocycles. The lowest BCUT2D eigenvalue weighted by molar-refractivity contribution is -0.384. The lowest BCUT2D eigenvalue weighted by Crippen LogP contribution is -2.36. The summed E-state index contributed by atoms with van der Waals surface area (Å²) in [5.74, 6) is -0.400. The second kappa shape index (κ2) is 9.13. The van der Waals surface area contributed by atoms with Crippen LogP contribution in [0.4, 0.5) is 16.2 Å². The van der Waals surface area contributed by atoms with Crippen molar-refractivity contribution in [3.8, 4) is 11.3 Å². The summed E-state index contributed by atoms with van der Waals surface area (Å²) in [6, 6.07) is 16.4. The van der Waals surface area contributed by atoms with Gasteiger partial charge in [-0.25, -0.2) is 0 Å². The molecule has 3 amide bonds. The number of nitro groups is 1. The van der Waals surface area contributed by atoms with Crippen LogP contribution in [0.5, 0.6) is 0 Å². The van der Waals surface area contributed by atoms with Gasteiger partial charge < -0.3 is 9.73 Å². The van der Waals surface area contributed by atoms with E-state index in [1.54, 1.807) is 55.5 Å². The van der Waals surface area contributed by atoms with Gasteiger partial charge in [-0.3, -0.25) is 29.4 Å². The number of benzene rings is 2. The molecule has 10 heteroatoms. The zero-order valence-corrected chi connectivity index (χ0v) is 18.1. The molecule has 0 atom stereocenters. The fraction of sp³-hybridized carbons (Fsp3) is 0.0870. The van der Waals surface area contributed by atoms with Gasteiger partial charge in [-0.15, -0.1) is 0 Å². The van der Waals surface area contributed by atoms with Gasteiger partial charge in [-0.1, -0.05) is 24.3 Å². The summed E-state index contributed by atoms with van der Waals surface area (Å²) in [7, 11) is 0. The highest BCUT2D eigenvalue weighted by Crippen LogP contribution is 2.34. The van der Waals surface area contributed by atoms with Crippen molar-refractivity contribution in [2.75, 3.05) is 11.9 Å². The van der Waals surface area contributed by atoms with Gasteiger partial charge in [-0.2, -0.15) is 0 Å². The predicted octanol–water partition coefficient (Wildman–Crippen LogP) is 4.84. The number of amides is 3. The lowest BCUT2D eigenvalue weighted by atomic mass is 10.1. The number of imide groups is 1. The zero-order chi connectivity index (χ0) is 23.5. The maximum atomic E-state index is 12.7. The molecule has 33 heavy (non-hydrogen) atoms. The molecule has 1 N–H and O–H groups in total. The molecule has 0 saturated carbocycles. The average Bonchev–Trinajstić information content (AvgIpc) is 3.35.